The molecule has 158 valence electrons. The molecular weight excluding hydrogens is 392 g/mol. The van der Waals surface area contributed by atoms with Crippen LogP contribution in [0.4, 0.5) is 0 Å². The largest absolute Gasteiger partial charge is 0.492 e. The third-order valence-electron chi connectivity index (χ3n) is 4.68. The molecule has 1 unspecified atom stereocenters. The van der Waals surface area contributed by atoms with Crippen molar-refractivity contribution in [1.82, 2.24) is 10.4 Å². The van der Waals surface area contributed by atoms with Gasteiger partial charge in [-0.05, 0) is 74.5 Å². The van der Waals surface area contributed by atoms with E-state index < -0.39 is 0 Å². The van der Waals surface area contributed by atoms with E-state index in [1.165, 1.54) is 0 Å². The van der Waals surface area contributed by atoms with Gasteiger partial charge >= 0.3 is 0 Å². The van der Waals surface area contributed by atoms with Crippen molar-refractivity contribution < 1.29 is 19.5 Å². The lowest BCUT2D eigenvalue weighted by Gasteiger charge is -2.29. The van der Waals surface area contributed by atoms with E-state index in [1.807, 2.05) is 36.4 Å². The lowest BCUT2D eigenvalue weighted by Crippen LogP contribution is -2.40. The Bertz CT molecular complexity index is 737. The smallest absolute Gasteiger partial charge is 0.243 e. The van der Waals surface area contributed by atoms with Crippen LogP contribution >= 0.6 is 11.6 Å². The van der Waals surface area contributed by atoms with Crippen LogP contribution in [0.3, 0.4) is 0 Å². The second kappa shape index (κ2) is 12.3. The maximum absolute atomic E-state index is 11.2. The highest BCUT2D eigenvalue weighted by Gasteiger charge is 2.16. The van der Waals surface area contributed by atoms with Crippen molar-refractivity contribution in [3.05, 3.63) is 53.6 Å². The van der Waals surface area contributed by atoms with Gasteiger partial charge in [-0.1, -0.05) is 25.4 Å². The molecule has 2 rings (SSSR count). The maximum atomic E-state index is 11.2. The first kappa shape index (κ1) is 23.0. The Balaban J connectivity index is 1.84. The molecule has 0 aliphatic rings. The monoisotopic (exact) mass is 420 g/mol. The summed E-state index contributed by atoms with van der Waals surface area (Å²) in [6, 6.07) is 15.0. The van der Waals surface area contributed by atoms with Gasteiger partial charge in [-0.15, -0.1) is 0 Å². The van der Waals surface area contributed by atoms with Crippen LogP contribution in [0.25, 0.3) is 0 Å². The van der Waals surface area contributed by atoms with Gasteiger partial charge in [0, 0.05) is 17.5 Å². The number of benzene rings is 2. The number of nitrogens with one attached hydrogen (secondary N) is 1. The zero-order chi connectivity index (χ0) is 21.1. The number of carbonyl (C=O) groups is 1. The minimum Gasteiger partial charge on any atom is -0.492 e. The highest BCUT2D eigenvalue weighted by molar-refractivity contribution is 6.30. The second-order valence-corrected chi connectivity index (χ2v) is 7.10. The van der Waals surface area contributed by atoms with Crippen LogP contribution in [0, 0.1) is 0 Å². The Hall–Kier alpha value is -2.28. The lowest BCUT2D eigenvalue weighted by molar-refractivity contribution is -0.129. The van der Waals surface area contributed by atoms with Crippen molar-refractivity contribution in [2.24, 2.45) is 0 Å². The molecule has 2 N–H and O–H groups in total. The fraction of sp³-hybridized carbons (Fsp3) is 0.409. The molecule has 0 aliphatic heterocycles. The summed E-state index contributed by atoms with van der Waals surface area (Å²) in [4.78, 5) is 13.5. The van der Waals surface area contributed by atoms with Gasteiger partial charge in [-0.3, -0.25) is 14.9 Å². The van der Waals surface area contributed by atoms with Gasteiger partial charge in [0.2, 0.25) is 5.91 Å². The van der Waals surface area contributed by atoms with E-state index in [1.54, 1.807) is 17.6 Å². The third kappa shape index (κ3) is 7.93. The number of hydrogen-bond donors (Lipinski definition) is 2. The van der Waals surface area contributed by atoms with Crippen molar-refractivity contribution in [2.75, 3.05) is 19.7 Å². The van der Waals surface area contributed by atoms with Crippen LogP contribution < -0.4 is 15.0 Å². The topological polar surface area (TPSA) is 71.0 Å². The van der Waals surface area contributed by atoms with E-state index in [4.69, 9.17) is 26.3 Å². The number of hydrogen-bond acceptors (Lipinski definition) is 5. The molecule has 0 spiro atoms. The van der Waals surface area contributed by atoms with Crippen LogP contribution in [0.5, 0.6) is 17.2 Å². The summed E-state index contributed by atoms with van der Waals surface area (Å²) in [5.41, 5.74) is 1.67. The molecule has 6 nitrogen and oxygen atoms in total. The summed E-state index contributed by atoms with van der Waals surface area (Å²) in [6.07, 6.45) is 1.94. The standard InChI is InChI=1S/C22H29ClN2O4/c1-3-18(25(4-2)15-5-6-22(26)24-27)16-28-19-11-13-21(14-12-19)29-20-9-7-17(23)8-10-20/h7-14,18,27H,3-6,15-16H2,1-2H3,(H,24,26). The fourth-order valence-electron chi connectivity index (χ4n) is 3.01. The number of nitrogens with zero attached hydrogens (tertiary/aromatic N) is 1. The molecule has 29 heavy (non-hydrogen) atoms. The van der Waals surface area contributed by atoms with E-state index in [9.17, 15) is 4.79 Å². The van der Waals surface area contributed by atoms with E-state index in [-0.39, 0.29) is 11.9 Å². The molecule has 0 saturated heterocycles. The molecule has 7 heteroatoms. The average Bonchev–Trinajstić information content (AvgIpc) is 2.75. The summed E-state index contributed by atoms with van der Waals surface area (Å²) >= 11 is 5.89. The fourth-order valence-corrected chi connectivity index (χ4v) is 3.14. The molecule has 1 atom stereocenters. The summed E-state index contributed by atoms with van der Waals surface area (Å²) in [7, 11) is 0. The summed E-state index contributed by atoms with van der Waals surface area (Å²) in [6.45, 7) is 6.43. The number of ether oxygens (including phenoxy) is 2. The number of amides is 1. The van der Waals surface area contributed by atoms with Crippen LogP contribution in [-0.4, -0.2) is 41.8 Å². The maximum Gasteiger partial charge on any atom is 0.243 e. The van der Waals surface area contributed by atoms with Crippen molar-refractivity contribution in [3.63, 3.8) is 0 Å². The van der Waals surface area contributed by atoms with Gasteiger partial charge in [-0.2, -0.15) is 0 Å². The quantitative estimate of drug-likeness (QED) is 0.377. The SMILES string of the molecule is CCC(COc1ccc(Oc2ccc(Cl)cc2)cc1)N(CC)CCCC(=O)NO. The zero-order valence-electron chi connectivity index (χ0n) is 16.9. The predicted octanol–water partition coefficient (Wildman–Crippen LogP) is 4.90. The molecule has 2 aromatic rings. The minimum absolute atomic E-state index is 0.252. The molecule has 0 aliphatic carbocycles. The predicted molar refractivity (Wildman–Crippen MR) is 114 cm³/mol. The highest BCUT2D eigenvalue weighted by Crippen LogP contribution is 2.25. The second-order valence-electron chi connectivity index (χ2n) is 6.67. The number of hydroxylamine groups is 1. The molecule has 0 saturated carbocycles. The Labute approximate surface area is 177 Å². The van der Waals surface area contributed by atoms with Crippen molar-refractivity contribution >= 4 is 17.5 Å². The highest BCUT2D eigenvalue weighted by atomic mass is 35.5. The van der Waals surface area contributed by atoms with Crippen LogP contribution in [0.15, 0.2) is 48.5 Å². The summed E-state index contributed by atoms with van der Waals surface area (Å²) < 4.78 is 11.8. The number of carbonyl (C=O) groups excluding carboxylic acids is 1. The normalized spacial score (nSPS) is 11.9. The first-order valence-corrected chi connectivity index (χ1v) is 10.3. The number of likely N-dealkylation sites (N-methyl/N-ethyl adjacent to an activating group) is 1. The number of rotatable bonds is 12. The molecular formula is C22H29ClN2O4. The zero-order valence-corrected chi connectivity index (χ0v) is 17.7. The molecule has 0 bridgehead atoms. The van der Waals surface area contributed by atoms with Crippen molar-refractivity contribution in [2.45, 2.75) is 39.2 Å². The van der Waals surface area contributed by atoms with E-state index in [2.05, 4.69) is 18.7 Å². The third-order valence-corrected chi connectivity index (χ3v) is 4.94. The Morgan fingerprint density at radius 2 is 1.66 bits per heavy atom. The molecule has 0 aromatic heterocycles. The Morgan fingerprint density at radius 3 is 2.21 bits per heavy atom. The van der Waals surface area contributed by atoms with Crippen LogP contribution in [0.1, 0.15) is 33.1 Å². The molecule has 0 radical (unpaired) electrons. The van der Waals surface area contributed by atoms with Gasteiger partial charge < -0.3 is 9.47 Å². The average molecular weight is 421 g/mol. The Morgan fingerprint density at radius 1 is 1.07 bits per heavy atom. The first-order valence-electron chi connectivity index (χ1n) is 9.89. The molecule has 2 aromatic carbocycles. The summed E-state index contributed by atoms with van der Waals surface area (Å²) in [5, 5.41) is 9.26. The first-order chi connectivity index (χ1) is 14.0. The lowest BCUT2D eigenvalue weighted by atomic mass is 10.1. The van der Waals surface area contributed by atoms with Gasteiger partial charge in [0.05, 0.1) is 0 Å². The van der Waals surface area contributed by atoms with Crippen LogP contribution in [-0.2, 0) is 4.79 Å². The summed E-state index contributed by atoms with van der Waals surface area (Å²) in [5.74, 6) is 1.88. The van der Waals surface area contributed by atoms with Gasteiger partial charge in [-0.25, -0.2) is 5.48 Å². The van der Waals surface area contributed by atoms with Crippen molar-refractivity contribution in [3.8, 4) is 17.2 Å². The van der Waals surface area contributed by atoms with Crippen LogP contribution in [0.2, 0.25) is 5.02 Å². The minimum atomic E-state index is -0.355. The van der Waals surface area contributed by atoms with Gasteiger partial charge in [0.25, 0.3) is 0 Å². The molecule has 1 amide bonds. The van der Waals surface area contributed by atoms with Gasteiger partial charge in [0.15, 0.2) is 0 Å². The van der Waals surface area contributed by atoms with Gasteiger partial charge in [0.1, 0.15) is 23.9 Å². The van der Waals surface area contributed by atoms with Crippen molar-refractivity contribution in [1.29, 1.82) is 0 Å². The molecule has 0 fully saturated rings. The molecule has 0 heterocycles. The van der Waals surface area contributed by atoms with E-state index in [0.717, 1.165) is 36.8 Å². The van der Waals surface area contributed by atoms with E-state index >= 15 is 0 Å². The Kier molecular flexibility index (Phi) is 9.77. The number of halogens is 1. The van der Waals surface area contributed by atoms with E-state index in [0.29, 0.717) is 24.5 Å².